The van der Waals surface area contributed by atoms with Gasteiger partial charge in [-0.1, -0.05) is 6.07 Å². The molecule has 0 aliphatic heterocycles. The molecule has 1 amide bonds. The number of benzene rings is 1. The molecule has 20 heavy (non-hydrogen) atoms. The summed E-state index contributed by atoms with van der Waals surface area (Å²) in [5.74, 6) is -0.0255. The Morgan fingerprint density at radius 2 is 1.90 bits per heavy atom. The Kier molecular flexibility index (Phi) is 5.55. The van der Waals surface area contributed by atoms with Crippen molar-refractivity contribution in [2.75, 3.05) is 14.2 Å². The molecule has 0 bridgehead atoms. The normalized spacial score (nSPS) is 11.7. The number of methoxy groups -OCH3 is 2. The van der Waals surface area contributed by atoms with E-state index in [0.29, 0.717) is 5.75 Å². The van der Waals surface area contributed by atoms with Crippen LogP contribution >= 0.6 is 0 Å². The Morgan fingerprint density at radius 3 is 2.45 bits per heavy atom. The first-order valence-electron chi connectivity index (χ1n) is 6.40. The summed E-state index contributed by atoms with van der Waals surface area (Å²) in [6, 6.07) is 3.22. The zero-order valence-corrected chi connectivity index (χ0v) is 12.6. The van der Waals surface area contributed by atoms with E-state index < -0.39 is 12.0 Å². The van der Waals surface area contributed by atoms with Crippen molar-refractivity contribution in [2.45, 2.75) is 33.2 Å². The Bertz CT molecular complexity index is 511. The summed E-state index contributed by atoms with van der Waals surface area (Å²) in [4.78, 5) is 23.2. The van der Waals surface area contributed by atoms with Gasteiger partial charge in [-0.3, -0.25) is 4.79 Å². The van der Waals surface area contributed by atoms with Crippen molar-refractivity contribution in [1.82, 2.24) is 5.32 Å². The second kappa shape index (κ2) is 6.93. The zero-order valence-electron chi connectivity index (χ0n) is 12.6. The van der Waals surface area contributed by atoms with Gasteiger partial charge in [-0.2, -0.15) is 0 Å². The fourth-order valence-corrected chi connectivity index (χ4v) is 2.06. The van der Waals surface area contributed by atoms with Crippen molar-refractivity contribution < 1.29 is 19.1 Å². The van der Waals surface area contributed by atoms with E-state index in [2.05, 4.69) is 10.1 Å². The fraction of sp³-hybridized carbons (Fsp3) is 0.467. The van der Waals surface area contributed by atoms with Gasteiger partial charge in [0.15, 0.2) is 0 Å². The monoisotopic (exact) mass is 279 g/mol. The molecule has 1 aromatic carbocycles. The molecule has 0 saturated heterocycles. The molecule has 0 spiro atoms. The molecule has 110 valence electrons. The highest BCUT2D eigenvalue weighted by Gasteiger charge is 2.18. The third-order valence-corrected chi connectivity index (χ3v) is 3.07. The van der Waals surface area contributed by atoms with Crippen molar-refractivity contribution >= 4 is 11.9 Å². The van der Waals surface area contributed by atoms with E-state index in [0.717, 1.165) is 16.7 Å². The number of ether oxygens (including phenoxy) is 2. The van der Waals surface area contributed by atoms with Gasteiger partial charge < -0.3 is 14.8 Å². The van der Waals surface area contributed by atoms with Gasteiger partial charge >= 0.3 is 5.97 Å². The Labute approximate surface area is 119 Å². The van der Waals surface area contributed by atoms with Crippen LogP contribution in [0.15, 0.2) is 12.1 Å². The highest BCUT2D eigenvalue weighted by Crippen LogP contribution is 2.24. The Balaban J connectivity index is 2.83. The molecule has 0 fully saturated rings. The second-order valence-corrected chi connectivity index (χ2v) is 4.75. The van der Waals surface area contributed by atoms with Gasteiger partial charge in [0, 0.05) is 5.56 Å². The molecule has 0 heterocycles. The summed E-state index contributed by atoms with van der Waals surface area (Å²) >= 11 is 0. The van der Waals surface area contributed by atoms with Gasteiger partial charge in [0.2, 0.25) is 5.91 Å². The van der Waals surface area contributed by atoms with Gasteiger partial charge in [0.25, 0.3) is 0 Å². The Morgan fingerprint density at radius 1 is 1.25 bits per heavy atom. The number of nitrogens with one attached hydrogen (secondary N) is 1. The molecule has 1 unspecified atom stereocenters. The van der Waals surface area contributed by atoms with Crippen molar-refractivity contribution in [1.29, 1.82) is 0 Å². The number of hydrogen-bond acceptors (Lipinski definition) is 4. The average molecular weight is 279 g/mol. The van der Waals surface area contributed by atoms with Crippen molar-refractivity contribution in [3.8, 4) is 5.75 Å². The quantitative estimate of drug-likeness (QED) is 0.830. The molecule has 1 aromatic rings. The molecule has 0 aliphatic carbocycles. The van der Waals surface area contributed by atoms with E-state index in [1.165, 1.54) is 7.11 Å². The number of esters is 1. The number of aryl methyl sites for hydroxylation is 2. The van der Waals surface area contributed by atoms with Crippen LogP contribution in [0.4, 0.5) is 0 Å². The molecule has 0 radical (unpaired) electrons. The minimum atomic E-state index is -0.663. The smallest absolute Gasteiger partial charge is 0.328 e. The van der Waals surface area contributed by atoms with Crippen molar-refractivity contribution in [3.05, 3.63) is 28.8 Å². The topological polar surface area (TPSA) is 64.6 Å². The number of amides is 1. The SMILES string of the molecule is COC(=O)C(C)NC(=O)Cc1c(C)cc(C)cc1OC. The van der Waals surface area contributed by atoms with Gasteiger partial charge in [-0.25, -0.2) is 4.79 Å². The lowest BCUT2D eigenvalue weighted by molar-refractivity contribution is -0.144. The molecule has 0 aliphatic rings. The summed E-state index contributed by atoms with van der Waals surface area (Å²) < 4.78 is 9.88. The van der Waals surface area contributed by atoms with E-state index in [1.54, 1.807) is 14.0 Å². The third-order valence-electron chi connectivity index (χ3n) is 3.07. The van der Waals surface area contributed by atoms with Crippen LogP contribution in [0.3, 0.4) is 0 Å². The number of carbonyl (C=O) groups is 2. The molecular weight excluding hydrogens is 258 g/mol. The maximum atomic E-state index is 12.0. The number of rotatable bonds is 5. The Hall–Kier alpha value is -2.04. The van der Waals surface area contributed by atoms with Crippen LogP contribution in [0.1, 0.15) is 23.6 Å². The van der Waals surface area contributed by atoms with Crippen molar-refractivity contribution in [3.63, 3.8) is 0 Å². The van der Waals surface area contributed by atoms with E-state index in [9.17, 15) is 9.59 Å². The summed E-state index contributed by atoms with van der Waals surface area (Å²) in [5.41, 5.74) is 2.89. The molecule has 1 N–H and O–H groups in total. The summed E-state index contributed by atoms with van der Waals surface area (Å²) in [6.07, 6.45) is 0.163. The number of carbonyl (C=O) groups excluding carboxylic acids is 2. The number of hydrogen-bond donors (Lipinski definition) is 1. The van der Waals surface area contributed by atoms with Crippen LogP contribution in [0.2, 0.25) is 0 Å². The van der Waals surface area contributed by atoms with E-state index in [1.807, 2.05) is 26.0 Å². The lowest BCUT2D eigenvalue weighted by atomic mass is 10.0. The average Bonchev–Trinajstić information content (AvgIpc) is 2.40. The first-order valence-corrected chi connectivity index (χ1v) is 6.40. The van der Waals surface area contributed by atoms with E-state index in [4.69, 9.17) is 4.74 Å². The maximum Gasteiger partial charge on any atom is 0.328 e. The van der Waals surface area contributed by atoms with Crippen LogP contribution in [-0.4, -0.2) is 32.1 Å². The van der Waals surface area contributed by atoms with Crippen molar-refractivity contribution in [2.24, 2.45) is 0 Å². The molecule has 0 saturated carbocycles. The van der Waals surface area contributed by atoms with Crippen LogP contribution < -0.4 is 10.1 Å². The zero-order chi connectivity index (χ0) is 15.3. The minimum Gasteiger partial charge on any atom is -0.496 e. The van der Waals surface area contributed by atoms with Crippen LogP contribution in [0.25, 0.3) is 0 Å². The predicted molar refractivity (Wildman–Crippen MR) is 75.8 cm³/mol. The van der Waals surface area contributed by atoms with E-state index in [-0.39, 0.29) is 12.3 Å². The highest BCUT2D eigenvalue weighted by atomic mass is 16.5. The van der Waals surface area contributed by atoms with Gasteiger partial charge in [-0.05, 0) is 38.0 Å². The van der Waals surface area contributed by atoms with Gasteiger partial charge in [0.05, 0.1) is 20.6 Å². The lowest BCUT2D eigenvalue weighted by Crippen LogP contribution is -2.40. The second-order valence-electron chi connectivity index (χ2n) is 4.75. The molecule has 0 aromatic heterocycles. The fourth-order valence-electron chi connectivity index (χ4n) is 2.06. The van der Waals surface area contributed by atoms with E-state index >= 15 is 0 Å². The molecule has 1 atom stereocenters. The first kappa shape index (κ1) is 16.0. The third kappa shape index (κ3) is 3.98. The van der Waals surface area contributed by atoms with Crippen LogP contribution in [0, 0.1) is 13.8 Å². The molecule has 1 rings (SSSR count). The minimum absolute atomic E-state index is 0.163. The first-order chi connectivity index (χ1) is 9.38. The highest BCUT2D eigenvalue weighted by molar-refractivity contribution is 5.85. The maximum absolute atomic E-state index is 12.0. The van der Waals surface area contributed by atoms with Gasteiger partial charge in [-0.15, -0.1) is 0 Å². The lowest BCUT2D eigenvalue weighted by Gasteiger charge is -2.15. The summed E-state index contributed by atoms with van der Waals surface area (Å²) in [5, 5.41) is 2.60. The molecule has 5 nitrogen and oxygen atoms in total. The van der Waals surface area contributed by atoms with Crippen LogP contribution in [0.5, 0.6) is 5.75 Å². The standard InChI is InChI=1S/C15H21NO4/c1-9-6-10(2)12(13(7-9)19-4)8-14(17)16-11(3)15(18)20-5/h6-7,11H,8H2,1-5H3,(H,16,17). The largest absolute Gasteiger partial charge is 0.496 e. The molecule has 5 heteroatoms. The molecular formula is C15H21NO4. The predicted octanol–water partition coefficient (Wildman–Crippen LogP) is 1.53. The van der Waals surface area contributed by atoms with Crippen LogP contribution in [-0.2, 0) is 20.7 Å². The van der Waals surface area contributed by atoms with Gasteiger partial charge in [0.1, 0.15) is 11.8 Å². The summed E-state index contributed by atoms with van der Waals surface area (Å²) in [7, 11) is 2.87. The summed E-state index contributed by atoms with van der Waals surface area (Å²) in [6.45, 7) is 5.49.